The third kappa shape index (κ3) is 3.15. The van der Waals surface area contributed by atoms with Crippen LogP contribution in [0.1, 0.15) is 23.8 Å². The number of amides is 1. The number of morpholine rings is 1. The van der Waals surface area contributed by atoms with Gasteiger partial charge in [-0.05, 0) is 29.0 Å². The molecule has 2 aliphatic rings. The summed E-state index contributed by atoms with van der Waals surface area (Å²) in [6.07, 6.45) is 2.32. The first-order valence-electron chi connectivity index (χ1n) is 8.07. The average Bonchev–Trinajstić information content (AvgIpc) is 3.35. The Balaban J connectivity index is 1.55. The number of hydrogen-bond donors (Lipinski definition) is 0. The normalized spacial score (nSPS) is 21.9. The van der Waals surface area contributed by atoms with Crippen LogP contribution in [-0.2, 0) is 9.53 Å². The molecule has 1 unspecified atom stereocenters. The molecule has 4 heterocycles. The zero-order valence-electron chi connectivity index (χ0n) is 13.3. The number of carbonyl (C=O) groups excluding carboxylic acids is 1. The van der Waals surface area contributed by atoms with Gasteiger partial charge in [0.05, 0.1) is 31.7 Å². The molecule has 0 spiro atoms. The fraction of sp³-hybridized carbons (Fsp3) is 0.412. The summed E-state index contributed by atoms with van der Waals surface area (Å²) >= 11 is 1.63. The zero-order valence-corrected chi connectivity index (χ0v) is 14.1. The third-order valence-electron chi connectivity index (χ3n) is 4.35. The van der Waals surface area contributed by atoms with Crippen molar-refractivity contribution in [3.63, 3.8) is 0 Å². The van der Waals surface area contributed by atoms with Crippen molar-refractivity contribution in [2.75, 3.05) is 32.8 Å². The van der Waals surface area contributed by atoms with Crippen LogP contribution in [0.4, 0.5) is 0 Å². The number of carbonyl (C=O) groups is 1. The number of rotatable bonds is 4. The summed E-state index contributed by atoms with van der Waals surface area (Å²) in [6, 6.07) is 5.64. The Morgan fingerprint density at radius 1 is 1.33 bits per heavy atom. The number of hydrogen-bond acceptors (Lipinski definition) is 6. The Hall–Kier alpha value is -1.96. The van der Waals surface area contributed by atoms with Gasteiger partial charge in [0.1, 0.15) is 11.8 Å². The fourth-order valence-corrected chi connectivity index (χ4v) is 3.73. The van der Waals surface area contributed by atoms with Crippen molar-refractivity contribution in [2.45, 2.75) is 12.5 Å². The van der Waals surface area contributed by atoms with E-state index in [0.29, 0.717) is 26.2 Å². The van der Waals surface area contributed by atoms with E-state index >= 15 is 0 Å². The van der Waals surface area contributed by atoms with Gasteiger partial charge in [0.2, 0.25) is 0 Å². The van der Waals surface area contributed by atoms with E-state index in [9.17, 15) is 4.79 Å². The van der Waals surface area contributed by atoms with Gasteiger partial charge in [0.15, 0.2) is 0 Å². The first-order valence-corrected chi connectivity index (χ1v) is 9.01. The van der Waals surface area contributed by atoms with Crippen molar-refractivity contribution in [2.24, 2.45) is 5.10 Å². The molecule has 24 heavy (non-hydrogen) atoms. The first kappa shape index (κ1) is 15.6. The van der Waals surface area contributed by atoms with Crippen molar-refractivity contribution < 1.29 is 13.9 Å². The van der Waals surface area contributed by atoms with Crippen molar-refractivity contribution >= 4 is 23.0 Å². The van der Waals surface area contributed by atoms with E-state index in [1.807, 2.05) is 23.6 Å². The van der Waals surface area contributed by atoms with Crippen molar-refractivity contribution in [1.29, 1.82) is 0 Å². The second-order valence-corrected chi connectivity index (χ2v) is 6.70. The van der Waals surface area contributed by atoms with Gasteiger partial charge in [0, 0.05) is 25.1 Å². The highest BCUT2D eigenvalue weighted by Crippen LogP contribution is 2.33. The monoisotopic (exact) mass is 345 g/mol. The van der Waals surface area contributed by atoms with Gasteiger partial charge in [-0.3, -0.25) is 9.69 Å². The summed E-state index contributed by atoms with van der Waals surface area (Å²) < 4.78 is 10.9. The molecular formula is C17H19N3O3S. The van der Waals surface area contributed by atoms with Crippen LogP contribution in [0.5, 0.6) is 0 Å². The minimum Gasteiger partial charge on any atom is -0.467 e. The van der Waals surface area contributed by atoms with Crippen LogP contribution in [0.25, 0.3) is 0 Å². The highest BCUT2D eigenvalue weighted by Gasteiger charge is 2.35. The molecule has 1 atom stereocenters. The Labute approximate surface area is 144 Å². The molecule has 0 aromatic carbocycles. The van der Waals surface area contributed by atoms with E-state index in [2.05, 4.69) is 15.4 Å². The lowest BCUT2D eigenvalue weighted by Crippen LogP contribution is -2.43. The Bertz CT molecular complexity index is 706. The molecule has 2 aliphatic heterocycles. The fourth-order valence-electron chi connectivity index (χ4n) is 3.07. The maximum Gasteiger partial charge on any atom is 0.257 e. The Kier molecular flexibility index (Phi) is 4.46. The van der Waals surface area contributed by atoms with Crippen LogP contribution in [0, 0.1) is 0 Å². The molecule has 2 aromatic heterocycles. The van der Waals surface area contributed by atoms with E-state index in [1.54, 1.807) is 22.6 Å². The lowest BCUT2D eigenvalue weighted by atomic mass is 10.1. The lowest BCUT2D eigenvalue weighted by Gasteiger charge is -2.28. The third-order valence-corrected chi connectivity index (χ3v) is 5.04. The van der Waals surface area contributed by atoms with E-state index in [1.165, 1.54) is 0 Å². The molecule has 2 aromatic rings. The maximum absolute atomic E-state index is 12.8. The lowest BCUT2D eigenvalue weighted by molar-refractivity contribution is -0.135. The SMILES string of the molecule is O=C(CN1CCOCC1)N1N=C(c2ccsc2)CC1c1ccco1. The van der Waals surface area contributed by atoms with Crippen LogP contribution in [0.2, 0.25) is 0 Å². The number of ether oxygens (including phenoxy) is 1. The molecule has 0 aliphatic carbocycles. The molecular weight excluding hydrogens is 326 g/mol. The largest absolute Gasteiger partial charge is 0.467 e. The van der Waals surface area contributed by atoms with E-state index < -0.39 is 0 Å². The van der Waals surface area contributed by atoms with Crippen LogP contribution >= 0.6 is 11.3 Å². The predicted molar refractivity (Wildman–Crippen MR) is 91.0 cm³/mol. The highest BCUT2D eigenvalue weighted by molar-refractivity contribution is 7.08. The molecule has 4 rings (SSSR count). The number of thiophene rings is 1. The highest BCUT2D eigenvalue weighted by atomic mass is 32.1. The summed E-state index contributed by atoms with van der Waals surface area (Å²) in [5.41, 5.74) is 2.02. The summed E-state index contributed by atoms with van der Waals surface area (Å²) in [7, 11) is 0. The van der Waals surface area contributed by atoms with Crippen LogP contribution in [0.15, 0.2) is 44.7 Å². The van der Waals surface area contributed by atoms with Crippen LogP contribution in [0.3, 0.4) is 0 Å². The minimum atomic E-state index is -0.163. The first-order chi connectivity index (χ1) is 11.8. The standard InChI is InChI=1S/C17H19N3O3S/c21-17(11-19-4-7-22-8-5-19)20-15(16-2-1-6-23-16)10-14(18-20)13-3-9-24-12-13/h1-3,6,9,12,15H,4-5,7-8,10-11H2. The van der Waals surface area contributed by atoms with Gasteiger partial charge in [-0.25, -0.2) is 5.01 Å². The van der Waals surface area contributed by atoms with Crippen LogP contribution in [-0.4, -0.2) is 54.4 Å². The van der Waals surface area contributed by atoms with Gasteiger partial charge in [-0.2, -0.15) is 16.4 Å². The smallest absolute Gasteiger partial charge is 0.257 e. The Morgan fingerprint density at radius 2 is 2.21 bits per heavy atom. The summed E-state index contributed by atoms with van der Waals surface area (Å²) in [4.78, 5) is 14.9. The van der Waals surface area contributed by atoms with Crippen molar-refractivity contribution in [1.82, 2.24) is 9.91 Å². The van der Waals surface area contributed by atoms with Gasteiger partial charge in [0.25, 0.3) is 5.91 Å². The number of nitrogens with zero attached hydrogens (tertiary/aromatic N) is 3. The van der Waals surface area contributed by atoms with E-state index in [-0.39, 0.29) is 11.9 Å². The average molecular weight is 345 g/mol. The predicted octanol–water partition coefficient (Wildman–Crippen LogP) is 2.35. The van der Waals surface area contributed by atoms with Gasteiger partial charge in [-0.15, -0.1) is 0 Å². The number of hydrazone groups is 1. The van der Waals surface area contributed by atoms with Gasteiger partial charge >= 0.3 is 0 Å². The molecule has 7 heteroatoms. The van der Waals surface area contributed by atoms with Crippen LogP contribution < -0.4 is 0 Å². The number of furan rings is 1. The molecule has 126 valence electrons. The quantitative estimate of drug-likeness (QED) is 0.853. The summed E-state index contributed by atoms with van der Waals surface area (Å²) in [5, 5.41) is 10.3. The van der Waals surface area contributed by atoms with E-state index in [4.69, 9.17) is 9.15 Å². The molecule has 0 saturated carbocycles. The molecule has 0 radical (unpaired) electrons. The Morgan fingerprint density at radius 3 is 2.92 bits per heavy atom. The molecule has 0 bridgehead atoms. The topological polar surface area (TPSA) is 58.3 Å². The minimum absolute atomic E-state index is 0.00327. The second kappa shape index (κ2) is 6.88. The molecule has 6 nitrogen and oxygen atoms in total. The summed E-state index contributed by atoms with van der Waals surface area (Å²) in [5.74, 6) is 0.780. The van der Waals surface area contributed by atoms with Gasteiger partial charge in [-0.1, -0.05) is 0 Å². The summed E-state index contributed by atoms with van der Waals surface area (Å²) in [6.45, 7) is 3.29. The van der Waals surface area contributed by atoms with Crippen molar-refractivity contribution in [3.05, 3.63) is 46.5 Å². The molecule has 1 fully saturated rings. The second-order valence-electron chi connectivity index (χ2n) is 5.92. The molecule has 0 N–H and O–H groups in total. The zero-order chi connectivity index (χ0) is 16.4. The molecule has 1 saturated heterocycles. The van der Waals surface area contributed by atoms with Gasteiger partial charge < -0.3 is 9.15 Å². The van der Waals surface area contributed by atoms with E-state index in [0.717, 1.165) is 30.1 Å². The maximum atomic E-state index is 12.8. The van der Waals surface area contributed by atoms with Crippen molar-refractivity contribution in [3.8, 4) is 0 Å². The molecule has 1 amide bonds.